The first-order valence-electron chi connectivity index (χ1n) is 12.2. The molecule has 0 spiro atoms. The fourth-order valence-corrected chi connectivity index (χ4v) is 4.77. The standard InChI is InChI=1S/C29H31BO5/c1-31-23-12-8-21(9-13-23)29(20-6-4-3-5-7-20,22-10-14-24(32-2)15-11-22)33-19-27-26(18-28(30)35-27)34-25-16-17-25/h3-15,25-28H,16-19H2,1-2H3. The number of methoxy groups -OCH3 is 2. The Hall–Kier alpha value is -2.80. The second-order valence-electron chi connectivity index (χ2n) is 9.14. The van der Waals surface area contributed by atoms with Crippen LogP contribution in [0.25, 0.3) is 0 Å². The topological polar surface area (TPSA) is 46.2 Å². The second kappa shape index (κ2) is 10.4. The number of benzene rings is 3. The minimum atomic E-state index is -0.889. The van der Waals surface area contributed by atoms with Gasteiger partial charge >= 0.3 is 0 Å². The van der Waals surface area contributed by atoms with Gasteiger partial charge in [-0.15, -0.1) is 0 Å². The van der Waals surface area contributed by atoms with Crippen LogP contribution in [-0.4, -0.2) is 53.0 Å². The molecule has 3 aromatic rings. The number of hydrogen-bond acceptors (Lipinski definition) is 5. The highest BCUT2D eigenvalue weighted by Crippen LogP contribution is 2.42. The van der Waals surface area contributed by atoms with Crippen molar-refractivity contribution in [1.82, 2.24) is 0 Å². The first-order chi connectivity index (χ1) is 17.1. The largest absolute Gasteiger partial charge is 0.497 e. The second-order valence-corrected chi connectivity index (χ2v) is 9.14. The Labute approximate surface area is 208 Å². The van der Waals surface area contributed by atoms with Crippen molar-refractivity contribution in [3.63, 3.8) is 0 Å². The molecule has 1 saturated carbocycles. The van der Waals surface area contributed by atoms with Crippen molar-refractivity contribution < 1.29 is 23.7 Å². The zero-order valence-corrected chi connectivity index (χ0v) is 20.3. The molecule has 35 heavy (non-hydrogen) atoms. The molecule has 0 aromatic heterocycles. The van der Waals surface area contributed by atoms with Crippen molar-refractivity contribution in [2.45, 2.75) is 49.2 Å². The Bertz CT molecular complexity index is 1030. The number of hydrogen-bond donors (Lipinski definition) is 0. The number of rotatable bonds is 10. The van der Waals surface area contributed by atoms with Crippen LogP contribution in [0.5, 0.6) is 11.5 Å². The van der Waals surface area contributed by atoms with E-state index in [1.807, 2.05) is 42.5 Å². The van der Waals surface area contributed by atoms with Gasteiger partial charge in [0, 0.05) is 6.00 Å². The Balaban J connectivity index is 1.56. The van der Waals surface area contributed by atoms with Gasteiger partial charge in [0.05, 0.1) is 33.0 Å². The summed E-state index contributed by atoms with van der Waals surface area (Å²) in [5.74, 6) is 1.57. The summed E-state index contributed by atoms with van der Waals surface area (Å²) >= 11 is 0. The predicted octanol–water partition coefficient (Wildman–Crippen LogP) is 4.84. The quantitative estimate of drug-likeness (QED) is 0.314. The van der Waals surface area contributed by atoms with Crippen molar-refractivity contribution >= 4 is 7.85 Å². The summed E-state index contributed by atoms with van der Waals surface area (Å²) in [6.07, 6.45) is 2.88. The lowest BCUT2D eigenvalue weighted by Crippen LogP contribution is -2.38. The molecule has 0 bridgehead atoms. The molecule has 1 aliphatic heterocycles. The molecule has 6 heteroatoms. The summed E-state index contributed by atoms with van der Waals surface area (Å²) in [7, 11) is 9.50. The first kappa shape index (κ1) is 23.9. The highest BCUT2D eigenvalue weighted by molar-refractivity contribution is 6.11. The van der Waals surface area contributed by atoms with Gasteiger partial charge in [-0.2, -0.15) is 0 Å². The maximum Gasteiger partial charge on any atom is 0.143 e. The van der Waals surface area contributed by atoms with Crippen LogP contribution in [0.4, 0.5) is 0 Å². The van der Waals surface area contributed by atoms with E-state index in [4.69, 9.17) is 31.5 Å². The summed E-state index contributed by atoms with van der Waals surface area (Å²) in [5, 5.41) is 0. The molecule has 2 fully saturated rings. The molecule has 1 heterocycles. The van der Waals surface area contributed by atoms with E-state index in [-0.39, 0.29) is 18.2 Å². The van der Waals surface area contributed by atoms with Crippen LogP contribution >= 0.6 is 0 Å². The zero-order chi connectivity index (χ0) is 24.3. The van der Waals surface area contributed by atoms with Crippen LogP contribution in [0.15, 0.2) is 78.9 Å². The highest BCUT2D eigenvalue weighted by Gasteiger charge is 2.42. The van der Waals surface area contributed by atoms with E-state index < -0.39 is 5.60 Å². The molecule has 1 saturated heterocycles. The molecule has 0 N–H and O–H groups in total. The molecule has 5 nitrogen and oxygen atoms in total. The molecule has 1 aliphatic carbocycles. The van der Waals surface area contributed by atoms with Gasteiger partial charge in [0.1, 0.15) is 31.1 Å². The van der Waals surface area contributed by atoms with Gasteiger partial charge < -0.3 is 23.7 Å². The Morgan fingerprint density at radius 3 is 1.86 bits per heavy atom. The lowest BCUT2D eigenvalue weighted by atomic mass is 9.80. The fourth-order valence-electron chi connectivity index (χ4n) is 4.77. The summed E-state index contributed by atoms with van der Waals surface area (Å²) < 4.78 is 30.1. The predicted molar refractivity (Wildman–Crippen MR) is 135 cm³/mol. The van der Waals surface area contributed by atoms with Crippen LogP contribution in [0.3, 0.4) is 0 Å². The molecule has 3 unspecified atom stereocenters. The van der Waals surface area contributed by atoms with Crippen molar-refractivity contribution in [2.24, 2.45) is 0 Å². The third-order valence-electron chi connectivity index (χ3n) is 6.76. The van der Waals surface area contributed by atoms with Crippen molar-refractivity contribution in [3.05, 3.63) is 95.6 Å². The van der Waals surface area contributed by atoms with Gasteiger partial charge in [-0.1, -0.05) is 54.6 Å². The minimum Gasteiger partial charge on any atom is -0.497 e. The van der Waals surface area contributed by atoms with Crippen LogP contribution in [0.2, 0.25) is 0 Å². The summed E-state index contributed by atoms with van der Waals surface area (Å²) in [4.78, 5) is 0. The highest BCUT2D eigenvalue weighted by atomic mass is 16.6. The summed E-state index contributed by atoms with van der Waals surface area (Å²) in [6.45, 7) is 0.331. The SMILES string of the molecule is [B]C1CC(OC2CC2)C(COC(c2ccccc2)(c2ccc(OC)cc2)c2ccc(OC)cc2)O1. The first-order valence-corrected chi connectivity index (χ1v) is 12.2. The normalized spacial score (nSPS) is 22.2. The fraction of sp³-hybridized carbons (Fsp3) is 0.379. The molecule has 180 valence electrons. The summed E-state index contributed by atoms with van der Waals surface area (Å²) in [5.41, 5.74) is 2.09. The lowest BCUT2D eigenvalue weighted by molar-refractivity contribution is -0.0906. The van der Waals surface area contributed by atoms with E-state index in [0.717, 1.165) is 41.0 Å². The minimum absolute atomic E-state index is 0.0716. The van der Waals surface area contributed by atoms with Gasteiger partial charge in [0.25, 0.3) is 0 Å². The molecular weight excluding hydrogens is 439 g/mol. The molecule has 2 aliphatic rings. The molecule has 5 rings (SSSR count). The molecule has 3 aromatic carbocycles. The molecule has 0 amide bonds. The van der Waals surface area contributed by atoms with E-state index >= 15 is 0 Å². The zero-order valence-electron chi connectivity index (χ0n) is 20.3. The van der Waals surface area contributed by atoms with E-state index in [9.17, 15) is 0 Å². The lowest BCUT2D eigenvalue weighted by Gasteiger charge is -2.37. The van der Waals surface area contributed by atoms with Crippen LogP contribution in [-0.2, 0) is 19.8 Å². The molecule has 3 atom stereocenters. The van der Waals surface area contributed by atoms with E-state index in [0.29, 0.717) is 19.1 Å². The van der Waals surface area contributed by atoms with Crippen molar-refractivity contribution in [3.8, 4) is 11.5 Å². The maximum absolute atomic E-state index is 6.96. The van der Waals surface area contributed by atoms with E-state index in [1.54, 1.807) is 14.2 Å². The summed E-state index contributed by atoms with van der Waals surface area (Å²) in [6, 6.07) is 25.9. The van der Waals surface area contributed by atoms with Crippen LogP contribution < -0.4 is 9.47 Å². The average molecular weight is 470 g/mol. The third-order valence-corrected chi connectivity index (χ3v) is 6.76. The van der Waals surface area contributed by atoms with Gasteiger partial charge in [0.2, 0.25) is 0 Å². The van der Waals surface area contributed by atoms with Gasteiger partial charge in [0.15, 0.2) is 0 Å². The maximum atomic E-state index is 6.96. The Morgan fingerprint density at radius 2 is 1.34 bits per heavy atom. The third kappa shape index (κ3) is 5.11. The van der Waals surface area contributed by atoms with Gasteiger partial charge in [-0.25, -0.2) is 0 Å². The van der Waals surface area contributed by atoms with Crippen molar-refractivity contribution in [2.75, 3.05) is 20.8 Å². The Kier molecular flexibility index (Phi) is 7.14. The molecular formula is C29H31BO5. The monoisotopic (exact) mass is 470 g/mol. The smallest absolute Gasteiger partial charge is 0.143 e. The van der Waals surface area contributed by atoms with Gasteiger partial charge in [-0.05, 0) is 60.2 Å². The van der Waals surface area contributed by atoms with E-state index in [2.05, 4.69) is 36.4 Å². The van der Waals surface area contributed by atoms with Crippen LogP contribution in [0.1, 0.15) is 36.0 Å². The number of ether oxygens (including phenoxy) is 5. The average Bonchev–Trinajstić information content (AvgIpc) is 3.66. The molecule has 2 radical (unpaired) electrons. The van der Waals surface area contributed by atoms with E-state index in [1.165, 1.54) is 0 Å². The van der Waals surface area contributed by atoms with Crippen molar-refractivity contribution in [1.29, 1.82) is 0 Å². The van der Waals surface area contributed by atoms with Crippen LogP contribution in [0, 0.1) is 0 Å². The Morgan fingerprint density at radius 1 is 0.800 bits per heavy atom. The van der Waals surface area contributed by atoms with Gasteiger partial charge in [-0.3, -0.25) is 0 Å².